The molecular formula is C12H11F2N5. The number of aromatic amines is 1. The summed E-state index contributed by atoms with van der Waals surface area (Å²) in [6.07, 6.45) is 3.35. The molecule has 5 nitrogen and oxygen atoms in total. The molecule has 3 N–H and O–H groups in total. The lowest BCUT2D eigenvalue weighted by Crippen LogP contribution is -2.12. The van der Waals surface area contributed by atoms with Gasteiger partial charge in [0.05, 0.1) is 17.8 Å². The lowest BCUT2D eigenvalue weighted by atomic mass is 10.2. The fraction of sp³-hybridized carbons (Fsp3) is 0.167. The number of halogens is 2. The Hall–Kier alpha value is -2.28. The number of nitrogens with one attached hydrogen (secondary N) is 1. The predicted molar refractivity (Wildman–Crippen MR) is 65.2 cm³/mol. The van der Waals surface area contributed by atoms with E-state index in [2.05, 4.69) is 15.1 Å². The molecule has 1 aromatic carbocycles. The first-order valence-corrected chi connectivity index (χ1v) is 5.63. The summed E-state index contributed by atoms with van der Waals surface area (Å²) in [5, 5.41) is 4.01. The first kappa shape index (κ1) is 11.8. The summed E-state index contributed by atoms with van der Waals surface area (Å²) in [5.41, 5.74) is 7.12. The maximum absolute atomic E-state index is 13.6. The summed E-state index contributed by atoms with van der Waals surface area (Å²) >= 11 is 0. The molecule has 0 amide bonds. The highest BCUT2D eigenvalue weighted by atomic mass is 19.1. The van der Waals surface area contributed by atoms with Crippen LogP contribution < -0.4 is 5.73 Å². The molecule has 1 unspecified atom stereocenters. The monoisotopic (exact) mass is 263 g/mol. The third kappa shape index (κ3) is 1.97. The first-order valence-electron chi connectivity index (χ1n) is 5.63. The Balaban J connectivity index is 2.08. The van der Waals surface area contributed by atoms with Gasteiger partial charge in [0.2, 0.25) is 0 Å². The Morgan fingerprint density at radius 3 is 2.84 bits per heavy atom. The van der Waals surface area contributed by atoms with Crippen LogP contribution in [0.4, 0.5) is 8.78 Å². The zero-order valence-corrected chi connectivity index (χ0v) is 10.1. The van der Waals surface area contributed by atoms with Crippen molar-refractivity contribution in [3.63, 3.8) is 0 Å². The van der Waals surface area contributed by atoms with E-state index in [4.69, 9.17) is 5.73 Å². The number of fused-ring (bicyclic) bond motifs is 1. The fourth-order valence-corrected chi connectivity index (χ4v) is 1.97. The van der Waals surface area contributed by atoms with Crippen molar-refractivity contribution in [1.29, 1.82) is 0 Å². The molecule has 0 fully saturated rings. The summed E-state index contributed by atoms with van der Waals surface area (Å²) in [6, 6.07) is 1.41. The van der Waals surface area contributed by atoms with E-state index >= 15 is 0 Å². The second-order valence-electron chi connectivity index (χ2n) is 4.33. The van der Waals surface area contributed by atoms with Gasteiger partial charge in [-0.2, -0.15) is 5.10 Å². The van der Waals surface area contributed by atoms with Crippen molar-refractivity contribution in [3.05, 3.63) is 47.5 Å². The van der Waals surface area contributed by atoms with Crippen LogP contribution in [0.3, 0.4) is 0 Å². The fourth-order valence-electron chi connectivity index (χ4n) is 1.97. The molecule has 0 aliphatic heterocycles. The Bertz CT molecular complexity index is 746. The van der Waals surface area contributed by atoms with E-state index in [-0.39, 0.29) is 11.0 Å². The number of rotatable bonds is 2. The number of aromatic nitrogens is 4. The van der Waals surface area contributed by atoms with Gasteiger partial charge in [-0.1, -0.05) is 0 Å². The van der Waals surface area contributed by atoms with Crippen LogP contribution in [-0.2, 0) is 7.05 Å². The SMILES string of the molecule is Cn1cc(C(N)c2nc3c(F)cc(F)cc3[nH]2)cn1. The van der Waals surface area contributed by atoms with Crippen molar-refractivity contribution in [1.82, 2.24) is 19.7 Å². The Labute approximate surface area is 107 Å². The van der Waals surface area contributed by atoms with Crippen LogP contribution in [-0.4, -0.2) is 19.7 Å². The Kier molecular flexibility index (Phi) is 2.56. The molecule has 2 heterocycles. The summed E-state index contributed by atoms with van der Waals surface area (Å²) in [6.45, 7) is 0. The lowest BCUT2D eigenvalue weighted by Gasteiger charge is -2.04. The minimum Gasteiger partial charge on any atom is -0.340 e. The number of nitrogens with zero attached hydrogens (tertiary/aromatic N) is 3. The summed E-state index contributed by atoms with van der Waals surface area (Å²) < 4.78 is 28.3. The summed E-state index contributed by atoms with van der Waals surface area (Å²) in [7, 11) is 1.77. The number of aryl methyl sites for hydroxylation is 1. The van der Waals surface area contributed by atoms with E-state index in [0.29, 0.717) is 5.82 Å². The van der Waals surface area contributed by atoms with E-state index in [1.54, 1.807) is 24.1 Å². The quantitative estimate of drug-likeness (QED) is 0.738. The van der Waals surface area contributed by atoms with Crippen LogP contribution in [0, 0.1) is 11.6 Å². The van der Waals surface area contributed by atoms with E-state index in [0.717, 1.165) is 11.6 Å². The van der Waals surface area contributed by atoms with Crippen molar-refractivity contribution in [3.8, 4) is 0 Å². The standard InChI is InChI=1S/C12H11F2N5/c1-19-5-6(4-16-19)10(15)12-17-9-3-7(13)2-8(14)11(9)18-12/h2-5,10H,15H2,1H3,(H,17,18). The molecule has 3 aromatic rings. The van der Waals surface area contributed by atoms with Gasteiger partial charge in [0.15, 0.2) is 5.82 Å². The molecule has 1 atom stereocenters. The molecule has 98 valence electrons. The van der Waals surface area contributed by atoms with Crippen molar-refractivity contribution in [2.75, 3.05) is 0 Å². The first-order chi connectivity index (χ1) is 9.04. The number of nitrogens with two attached hydrogens (primary N) is 1. The molecule has 19 heavy (non-hydrogen) atoms. The molecule has 2 aromatic heterocycles. The van der Waals surface area contributed by atoms with Gasteiger partial charge in [-0.05, 0) is 6.07 Å². The van der Waals surface area contributed by atoms with Gasteiger partial charge < -0.3 is 10.7 Å². The normalized spacial score (nSPS) is 13.1. The number of hydrogen-bond acceptors (Lipinski definition) is 3. The van der Waals surface area contributed by atoms with Crippen LogP contribution in [0.2, 0.25) is 0 Å². The van der Waals surface area contributed by atoms with E-state index < -0.39 is 17.7 Å². The van der Waals surface area contributed by atoms with Crippen LogP contribution in [0.15, 0.2) is 24.5 Å². The maximum atomic E-state index is 13.6. The second kappa shape index (κ2) is 4.13. The summed E-state index contributed by atoms with van der Waals surface area (Å²) in [5.74, 6) is -1.00. The Morgan fingerprint density at radius 2 is 2.16 bits per heavy atom. The third-order valence-corrected chi connectivity index (χ3v) is 2.90. The highest BCUT2D eigenvalue weighted by Gasteiger charge is 2.17. The van der Waals surface area contributed by atoms with Crippen LogP contribution >= 0.6 is 0 Å². The molecule has 0 spiro atoms. The van der Waals surface area contributed by atoms with Crippen molar-refractivity contribution in [2.45, 2.75) is 6.04 Å². The van der Waals surface area contributed by atoms with Crippen LogP contribution in [0.25, 0.3) is 11.0 Å². The molecular weight excluding hydrogens is 252 g/mol. The molecule has 0 saturated carbocycles. The number of imidazole rings is 1. The van der Waals surface area contributed by atoms with Crippen molar-refractivity contribution in [2.24, 2.45) is 12.8 Å². The Morgan fingerprint density at radius 1 is 1.37 bits per heavy atom. The average Bonchev–Trinajstić information content (AvgIpc) is 2.94. The van der Waals surface area contributed by atoms with Gasteiger partial charge >= 0.3 is 0 Å². The molecule has 0 bridgehead atoms. The van der Waals surface area contributed by atoms with E-state index in [1.165, 1.54) is 6.07 Å². The molecule has 0 radical (unpaired) electrons. The van der Waals surface area contributed by atoms with Crippen molar-refractivity contribution >= 4 is 11.0 Å². The number of hydrogen-bond donors (Lipinski definition) is 2. The number of H-pyrrole nitrogens is 1. The highest BCUT2D eigenvalue weighted by Crippen LogP contribution is 2.22. The van der Waals surface area contributed by atoms with Gasteiger partial charge in [-0.3, -0.25) is 4.68 Å². The van der Waals surface area contributed by atoms with E-state index in [9.17, 15) is 8.78 Å². The lowest BCUT2D eigenvalue weighted by molar-refractivity contribution is 0.590. The topological polar surface area (TPSA) is 72.5 Å². The van der Waals surface area contributed by atoms with Gasteiger partial charge in [0.1, 0.15) is 17.2 Å². The van der Waals surface area contributed by atoms with Gasteiger partial charge in [-0.25, -0.2) is 13.8 Å². The molecule has 7 heteroatoms. The number of benzene rings is 1. The minimum absolute atomic E-state index is 0.0794. The third-order valence-electron chi connectivity index (χ3n) is 2.90. The largest absolute Gasteiger partial charge is 0.340 e. The minimum atomic E-state index is -0.712. The van der Waals surface area contributed by atoms with Crippen LogP contribution in [0.1, 0.15) is 17.4 Å². The van der Waals surface area contributed by atoms with E-state index in [1.807, 2.05) is 0 Å². The molecule has 0 aliphatic carbocycles. The predicted octanol–water partition coefficient (Wildman–Crippen LogP) is 1.62. The average molecular weight is 263 g/mol. The summed E-state index contributed by atoms with van der Waals surface area (Å²) in [4.78, 5) is 6.91. The van der Waals surface area contributed by atoms with Gasteiger partial charge in [-0.15, -0.1) is 0 Å². The molecule has 0 aliphatic rings. The van der Waals surface area contributed by atoms with Crippen LogP contribution in [0.5, 0.6) is 0 Å². The molecule has 0 saturated heterocycles. The zero-order chi connectivity index (χ0) is 13.6. The van der Waals surface area contributed by atoms with Gasteiger partial charge in [0, 0.05) is 24.9 Å². The smallest absolute Gasteiger partial charge is 0.153 e. The maximum Gasteiger partial charge on any atom is 0.153 e. The zero-order valence-electron chi connectivity index (χ0n) is 10.1. The second-order valence-corrected chi connectivity index (χ2v) is 4.33. The highest BCUT2D eigenvalue weighted by molar-refractivity contribution is 5.76. The van der Waals surface area contributed by atoms with Gasteiger partial charge in [0.25, 0.3) is 0 Å². The van der Waals surface area contributed by atoms with Crippen molar-refractivity contribution < 1.29 is 8.78 Å². The molecule has 3 rings (SSSR count).